The van der Waals surface area contributed by atoms with Gasteiger partial charge in [-0.05, 0) is 24.6 Å². The van der Waals surface area contributed by atoms with Crippen molar-refractivity contribution in [1.82, 2.24) is 14.6 Å². The minimum Gasteiger partial charge on any atom is -0.355 e. The van der Waals surface area contributed by atoms with E-state index in [1.54, 1.807) is 27.8 Å². The summed E-state index contributed by atoms with van der Waals surface area (Å²) in [6, 6.07) is 17.1. The van der Waals surface area contributed by atoms with E-state index in [0.717, 1.165) is 26.8 Å². The second-order valence-electron chi connectivity index (χ2n) is 8.43. The number of thiazole rings is 1. The molecule has 1 amide bonds. The highest BCUT2D eigenvalue weighted by molar-refractivity contribution is 7.89. The zero-order chi connectivity index (χ0) is 23.0. The highest BCUT2D eigenvalue weighted by atomic mass is 32.2. The van der Waals surface area contributed by atoms with Crippen molar-refractivity contribution in [2.75, 3.05) is 37.6 Å². The molecule has 0 radical (unpaired) electrons. The molecule has 33 heavy (non-hydrogen) atoms. The van der Waals surface area contributed by atoms with Gasteiger partial charge in [-0.15, -0.1) is 11.3 Å². The monoisotopic (exact) mass is 482 g/mol. The summed E-state index contributed by atoms with van der Waals surface area (Å²) in [6.07, 6.45) is 0.455. The number of nitrogens with zero attached hydrogens (tertiary/aromatic N) is 3. The number of rotatable bonds is 5. The number of piperazine rings is 1. The van der Waals surface area contributed by atoms with Crippen LogP contribution in [0.3, 0.4) is 0 Å². The molecule has 1 aromatic heterocycles. The van der Waals surface area contributed by atoms with Gasteiger partial charge in [0.2, 0.25) is 15.9 Å². The average Bonchev–Trinajstić information content (AvgIpc) is 3.45. The van der Waals surface area contributed by atoms with Gasteiger partial charge in [-0.3, -0.25) is 4.79 Å². The number of hydrogen-bond acceptors (Lipinski definition) is 6. The first-order chi connectivity index (χ1) is 15.9. The molecule has 3 aromatic rings. The summed E-state index contributed by atoms with van der Waals surface area (Å²) in [5.74, 6) is 0.154. The van der Waals surface area contributed by atoms with E-state index in [4.69, 9.17) is 4.98 Å². The summed E-state index contributed by atoms with van der Waals surface area (Å²) < 4.78 is 27.9. The topological polar surface area (TPSA) is 82.6 Å². The molecule has 5 rings (SSSR count). The molecule has 2 saturated heterocycles. The lowest BCUT2D eigenvalue weighted by Gasteiger charge is -2.33. The lowest BCUT2D eigenvalue weighted by Crippen LogP contribution is -2.48. The highest BCUT2D eigenvalue weighted by Gasteiger charge is 2.30. The third kappa shape index (κ3) is 4.40. The second kappa shape index (κ2) is 8.89. The summed E-state index contributed by atoms with van der Waals surface area (Å²) in [7, 11) is -3.56. The molecule has 0 saturated carbocycles. The van der Waals surface area contributed by atoms with Crippen molar-refractivity contribution in [2.24, 2.45) is 0 Å². The SMILES string of the molecule is Cc1sc(N2CCN(S(=O)(=O)c3ccc([C@@H]4CNC(=O)C4)cc3)CC2)nc1-c1ccccc1. The van der Waals surface area contributed by atoms with Gasteiger partial charge in [0, 0.05) is 55.5 Å². The molecular formula is C24H26N4O3S2. The third-order valence-corrected chi connectivity index (χ3v) is 9.25. The van der Waals surface area contributed by atoms with Crippen molar-refractivity contribution in [3.8, 4) is 11.3 Å². The molecule has 0 spiro atoms. The van der Waals surface area contributed by atoms with Crippen molar-refractivity contribution < 1.29 is 13.2 Å². The first kappa shape index (κ1) is 22.1. The standard InChI is InChI=1S/C24H26N4O3S2/c1-17-23(19-5-3-2-4-6-19)26-24(32-17)27-11-13-28(14-12-27)33(30,31)21-9-7-18(8-10-21)20-15-22(29)25-16-20/h2-10,20H,11-16H2,1H3,(H,25,29)/t20-/m0/s1. The third-order valence-electron chi connectivity index (χ3n) is 6.31. The first-order valence-corrected chi connectivity index (χ1v) is 13.3. The molecule has 0 unspecified atom stereocenters. The molecule has 2 aliphatic rings. The fourth-order valence-electron chi connectivity index (χ4n) is 4.40. The second-order valence-corrected chi connectivity index (χ2v) is 11.6. The van der Waals surface area contributed by atoms with Crippen LogP contribution in [0.5, 0.6) is 0 Å². The number of carbonyl (C=O) groups is 1. The highest BCUT2D eigenvalue weighted by Crippen LogP contribution is 2.33. The van der Waals surface area contributed by atoms with Crippen LogP contribution in [0.15, 0.2) is 59.5 Å². The molecule has 2 fully saturated rings. The number of nitrogens with one attached hydrogen (secondary N) is 1. The Labute approximate surface area is 198 Å². The van der Waals surface area contributed by atoms with E-state index in [1.165, 1.54) is 0 Å². The maximum Gasteiger partial charge on any atom is 0.243 e. The number of anilines is 1. The Morgan fingerprint density at radius 1 is 1.00 bits per heavy atom. The van der Waals surface area contributed by atoms with E-state index in [0.29, 0.717) is 44.0 Å². The van der Waals surface area contributed by atoms with Gasteiger partial charge in [0.25, 0.3) is 0 Å². The molecule has 2 aliphatic heterocycles. The Morgan fingerprint density at radius 2 is 1.70 bits per heavy atom. The van der Waals surface area contributed by atoms with Crippen LogP contribution in [-0.4, -0.2) is 56.3 Å². The van der Waals surface area contributed by atoms with E-state index < -0.39 is 10.0 Å². The molecule has 1 atom stereocenters. The van der Waals surface area contributed by atoms with Crippen molar-refractivity contribution in [3.63, 3.8) is 0 Å². The van der Waals surface area contributed by atoms with E-state index >= 15 is 0 Å². The van der Waals surface area contributed by atoms with E-state index in [9.17, 15) is 13.2 Å². The van der Waals surface area contributed by atoms with Gasteiger partial charge in [0.1, 0.15) is 0 Å². The number of amides is 1. The fourth-order valence-corrected chi connectivity index (χ4v) is 6.81. The summed E-state index contributed by atoms with van der Waals surface area (Å²) >= 11 is 1.65. The van der Waals surface area contributed by atoms with Crippen LogP contribution in [-0.2, 0) is 14.8 Å². The Bertz CT molecular complexity index is 1250. The van der Waals surface area contributed by atoms with Gasteiger partial charge in [0.05, 0.1) is 10.6 Å². The van der Waals surface area contributed by atoms with Gasteiger partial charge < -0.3 is 10.2 Å². The Morgan fingerprint density at radius 3 is 2.33 bits per heavy atom. The van der Waals surface area contributed by atoms with Crippen LogP contribution in [0.2, 0.25) is 0 Å². The Balaban J connectivity index is 1.26. The van der Waals surface area contributed by atoms with Crippen LogP contribution >= 0.6 is 11.3 Å². The number of aryl methyl sites for hydroxylation is 1. The lowest BCUT2D eigenvalue weighted by atomic mass is 9.99. The van der Waals surface area contributed by atoms with Crippen LogP contribution in [0, 0.1) is 6.92 Å². The predicted molar refractivity (Wildman–Crippen MR) is 130 cm³/mol. The lowest BCUT2D eigenvalue weighted by molar-refractivity contribution is -0.119. The summed E-state index contributed by atoms with van der Waals surface area (Å²) in [4.78, 5) is 19.9. The molecule has 9 heteroatoms. The maximum atomic E-state index is 13.2. The molecule has 0 aliphatic carbocycles. The van der Waals surface area contributed by atoms with E-state index in [1.807, 2.05) is 30.3 Å². The summed E-state index contributed by atoms with van der Waals surface area (Å²) in [5.41, 5.74) is 3.08. The molecule has 0 bridgehead atoms. The molecule has 3 heterocycles. The summed E-state index contributed by atoms with van der Waals surface area (Å²) in [6.45, 7) is 4.73. The molecule has 2 aromatic carbocycles. The number of hydrogen-bond donors (Lipinski definition) is 1. The van der Waals surface area contributed by atoms with Crippen molar-refractivity contribution in [2.45, 2.75) is 24.2 Å². The van der Waals surface area contributed by atoms with Crippen LogP contribution in [0.1, 0.15) is 22.8 Å². The number of aromatic nitrogens is 1. The summed E-state index contributed by atoms with van der Waals surface area (Å²) in [5, 5.41) is 3.76. The van der Waals surface area contributed by atoms with Crippen molar-refractivity contribution in [3.05, 3.63) is 65.0 Å². The molecule has 1 N–H and O–H groups in total. The molecule has 172 valence electrons. The number of sulfonamides is 1. The van der Waals surface area contributed by atoms with E-state index in [2.05, 4.69) is 29.3 Å². The normalized spacial score (nSPS) is 19.6. The fraction of sp³-hybridized carbons (Fsp3) is 0.333. The Kier molecular flexibility index (Phi) is 5.94. The zero-order valence-electron chi connectivity index (χ0n) is 18.4. The van der Waals surface area contributed by atoms with Crippen molar-refractivity contribution in [1.29, 1.82) is 0 Å². The molecule has 7 nitrogen and oxygen atoms in total. The minimum absolute atomic E-state index is 0.0425. The largest absolute Gasteiger partial charge is 0.355 e. The van der Waals surface area contributed by atoms with Gasteiger partial charge in [-0.1, -0.05) is 42.5 Å². The number of benzene rings is 2. The van der Waals surface area contributed by atoms with Crippen LogP contribution < -0.4 is 10.2 Å². The van der Waals surface area contributed by atoms with Crippen LogP contribution in [0.25, 0.3) is 11.3 Å². The Hall–Kier alpha value is -2.75. The average molecular weight is 483 g/mol. The van der Waals surface area contributed by atoms with Crippen molar-refractivity contribution >= 4 is 32.4 Å². The molecular weight excluding hydrogens is 456 g/mol. The van der Waals surface area contributed by atoms with Gasteiger partial charge in [-0.25, -0.2) is 13.4 Å². The van der Waals surface area contributed by atoms with E-state index in [-0.39, 0.29) is 11.8 Å². The number of carbonyl (C=O) groups excluding carboxylic acids is 1. The maximum absolute atomic E-state index is 13.2. The quantitative estimate of drug-likeness (QED) is 0.604. The predicted octanol–water partition coefficient (Wildman–Crippen LogP) is 3.23. The van der Waals surface area contributed by atoms with Gasteiger partial charge in [0.15, 0.2) is 5.13 Å². The minimum atomic E-state index is -3.56. The van der Waals surface area contributed by atoms with Gasteiger partial charge >= 0.3 is 0 Å². The smallest absolute Gasteiger partial charge is 0.243 e. The first-order valence-electron chi connectivity index (χ1n) is 11.1. The van der Waals surface area contributed by atoms with Crippen LogP contribution in [0.4, 0.5) is 5.13 Å². The zero-order valence-corrected chi connectivity index (χ0v) is 20.0. The van der Waals surface area contributed by atoms with Gasteiger partial charge in [-0.2, -0.15) is 4.31 Å².